The normalized spacial score (nSPS) is 11.8. The molecule has 0 aliphatic heterocycles. The van der Waals surface area contributed by atoms with Crippen molar-refractivity contribution in [3.05, 3.63) is 60.7 Å². The number of hydrogen-bond acceptors (Lipinski definition) is 5. The first-order valence-corrected chi connectivity index (χ1v) is 9.50. The number of esters is 1. The van der Waals surface area contributed by atoms with Crippen LogP contribution in [0.3, 0.4) is 0 Å². The van der Waals surface area contributed by atoms with Gasteiger partial charge in [0, 0.05) is 43.5 Å². The zero-order valence-corrected chi connectivity index (χ0v) is 15.9. The molecule has 27 heavy (non-hydrogen) atoms. The van der Waals surface area contributed by atoms with Crippen molar-refractivity contribution >= 4 is 5.97 Å². The average Bonchev–Trinajstić information content (AvgIpc) is 2.69. The Morgan fingerprint density at radius 1 is 1.19 bits per heavy atom. The fourth-order valence-electron chi connectivity index (χ4n) is 2.81. The van der Waals surface area contributed by atoms with E-state index in [9.17, 15) is 4.79 Å². The highest BCUT2D eigenvalue weighted by molar-refractivity contribution is 5.81. The Hall–Kier alpha value is -2.53. The molecule has 1 atom stereocenters. The third kappa shape index (κ3) is 6.94. The van der Waals surface area contributed by atoms with Crippen LogP contribution in [0.4, 0.5) is 0 Å². The highest BCUT2D eigenvalue weighted by Crippen LogP contribution is 2.19. The number of carbonyl (C=O) groups is 1. The number of carbonyl (C=O) groups excluding carboxylic acids is 1. The monoisotopic (exact) mass is 368 g/mol. The number of benzene rings is 1. The summed E-state index contributed by atoms with van der Waals surface area (Å²) in [7, 11) is 0. The average molecular weight is 368 g/mol. The van der Waals surface area contributed by atoms with E-state index in [2.05, 4.69) is 47.7 Å². The van der Waals surface area contributed by atoms with Gasteiger partial charge in [0.05, 0.1) is 0 Å². The number of hydrogen-bond donors (Lipinski definition) is 1. The number of aromatic nitrogens is 2. The lowest BCUT2D eigenvalue weighted by atomic mass is 10.0. The van der Waals surface area contributed by atoms with Gasteiger partial charge in [0.15, 0.2) is 0 Å². The van der Waals surface area contributed by atoms with Gasteiger partial charge < -0.3 is 9.84 Å². The standard InChI is InChI=1S/C22H28N2O3/c1-3-5-6-7-17-8-10-18(11-9-17)19-15-23-21(24-16-19)14-20(12-13-25)27-22(26)4-2/h4,8-11,15-16,20,25H,2-3,5-7,12-14H2,1H3. The van der Waals surface area contributed by atoms with Crippen molar-refractivity contribution in [3.63, 3.8) is 0 Å². The molecule has 5 heteroatoms. The van der Waals surface area contributed by atoms with Gasteiger partial charge in [0.1, 0.15) is 11.9 Å². The van der Waals surface area contributed by atoms with Crippen LogP contribution in [0.5, 0.6) is 0 Å². The summed E-state index contributed by atoms with van der Waals surface area (Å²) in [5.74, 6) is 0.0642. The molecule has 0 bridgehead atoms. The zero-order valence-electron chi connectivity index (χ0n) is 15.9. The largest absolute Gasteiger partial charge is 0.459 e. The van der Waals surface area contributed by atoms with E-state index in [-0.39, 0.29) is 6.61 Å². The summed E-state index contributed by atoms with van der Waals surface area (Å²) in [5.41, 5.74) is 3.37. The van der Waals surface area contributed by atoms with Crippen molar-refractivity contribution in [2.24, 2.45) is 0 Å². The first-order chi connectivity index (χ1) is 13.2. The van der Waals surface area contributed by atoms with Crippen LogP contribution in [-0.2, 0) is 22.4 Å². The maximum atomic E-state index is 11.4. The Morgan fingerprint density at radius 3 is 2.48 bits per heavy atom. The van der Waals surface area contributed by atoms with Crippen LogP contribution < -0.4 is 0 Å². The minimum absolute atomic E-state index is 0.0716. The number of aliphatic hydroxyl groups is 1. The van der Waals surface area contributed by atoms with Crippen LogP contribution >= 0.6 is 0 Å². The van der Waals surface area contributed by atoms with Crippen LogP contribution in [0, 0.1) is 0 Å². The summed E-state index contributed by atoms with van der Waals surface area (Å²) in [5, 5.41) is 9.13. The quantitative estimate of drug-likeness (QED) is 0.370. The summed E-state index contributed by atoms with van der Waals surface area (Å²) in [4.78, 5) is 20.1. The first kappa shape index (κ1) is 20.8. The summed E-state index contributed by atoms with van der Waals surface area (Å²) < 4.78 is 5.22. The van der Waals surface area contributed by atoms with E-state index in [4.69, 9.17) is 9.84 Å². The smallest absolute Gasteiger partial charge is 0.330 e. The molecule has 0 radical (unpaired) electrons. The zero-order chi connectivity index (χ0) is 19.5. The van der Waals surface area contributed by atoms with Crippen LogP contribution in [0.25, 0.3) is 11.1 Å². The number of aliphatic hydroxyl groups excluding tert-OH is 1. The van der Waals surface area contributed by atoms with Crippen molar-refractivity contribution < 1.29 is 14.6 Å². The molecule has 0 aliphatic carbocycles. The Kier molecular flexibility index (Phi) is 8.65. The Balaban J connectivity index is 1.99. The van der Waals surface area contributed by atoms with Crippen LogP contribution in [0.15, 0.2) is 49.3 Å². The van der Waals surface area contributed by atoms with Crippen molar-refractivity contribution in [1.29, 1.82) is 0 Å². The Morgan fingerprint density at radius 2 is 1.89 bits per heavy atom. The Labute approximate surface area is 161 Å². The minimum atomic E-state index is -0.510. The number of nitrogens with zero attached hydrogens (tertiary/aromatic N) is 2. The second kappa shape index (κ2) is 11.2. The highest BCUT2D eigenvalue weighted by Gasteiger charge is 2.15. The molecule has 0 spiro atoms. The molecule has 1 aromatic heterocycles. The predicted octanol–water partition coefficient (Wildman–Crippen LogP) is 3.90. The predicted molar refractivity (Wildman–Crippen MR) is 106 cm³/mol. The van der Waals surface area contributed by atoms with Gasteiger partial charge in [0.2, 0.25) is 0 Å². The maximum Gasteiger partial charge on any atom is 0.330 e. The van der Waals surface area contributed by atoms with Gasteiger partial charge in [-0.2, -0.15) is 0 Å². The Bertz CT molecular complexity index is 711. The van der Waals surface area contributed by atoms with Gasteiger partial charge >= 0.3 is 5.97 Å². The third-order valence-corrected chi connectivity index (χ3v) is 4.37. The topological polar surface area (TPSA) is 72.3 Å². The van der Waals surface area contributed by atoms with Crippen LogP contribution in [0.2, 0.25) is 0 Å². The highest BCUT2D eigenvalue weighted by atomic mass is 16.5. The molecular formula is C22H28N2O3. The molecular weight excluding hydrogens is 340 g/mol. The fraction of sp³-hybridized carbons (Fsp3) is 0.409. The summed E-state index contributed by atoms with van der Waals surface area (Å²) in [6.07, 6.45) is 9.72. The summed E-state index contributed by atoms with van der Waals surface area (Å²) >= 11 is 0. The molecule has 0 saturated carbocycles. The van der Waals surface area contributed by atoms with Crippen molar-refractivity contribution in [1.82, 2.24) is 9.97 Å². The maximum absolute atomic E-state index is 11.4. The van der Waals surface area contributed by atoms with Crippen molar-refractivity contribution in [2.75, 3.05) is 6.61 Å². The second-order valence-electron chi connectivity index (χ2n) is 6.52. The summed E-state index contributed by atoms with van der Waals surface area (Å²) in [6.45, 7) is 5.52. The van der Waals surface area contributed by atoms with E-state index in [1.54, 1.807) is 12.4 Å². The van der Waals surface area contributed by atoms with Gasteiger partial charge in [-0.15, -0.1) is 0 Å². The lowest BCUT2D eigenvalue weighted by Crippen LogP contribution is -2.22. The summed E-state index contributed by atoms with van der Waals surface area (Å²) in [6, 6.07) is 8.51. The second-order valence-corrected chi connectivity index (χ2v) is 6.52. The molecule has 1 unspecified atom stereocenters. The van der Waals surface area contributed by atoms with Gasteiger partial charge in [0.25, 0.3) is 0 Å². The lowest BCUT2D eigenvalue weighted by Gasteiger charge is -2.15. The molecule has 0 fully saturated rings. The van der Waals surface area contributed by atoms with Gasteiger partial charge in [-0.05, 0) is 24.0 Å². The third-order valence-electron chi connectivity index (χ3n) is 4.37. The lowest BCUT2D eigenvalue weighted by molar-refractivity contribution is -0.143. The van der Waals surface area contributed by atoms with E-state index < -0.39 is 12.1 Å². The molecule has 1 N–H and O–H groups in total. The first-order valence-electron chi connectivity index (χ1n) is 9.50. The van der Waals surface area contributed by atoms with E-state index in [1.807, 2.05) is 0 Å². The van der Waals surface area contributed by atoms with E-state index >= 15 is 0 Å². The molecule has 0 saturated heterocycles. The van der Waals surface area contributed by atoms with Crippen LogP contribution in [0.1, 0.15) is 44.0 Å². The van der Waals surface area contributed by atoms with E-state index in [0.29, 0.717) is 18.7 Å². The molecule has 144 valence electrons. The molecule has 2 rings (SSSR count). The van der Waals surface area contributed by atoms with Crippen molar-refractivity contribution in [3.8, 4) is 11.1 Å². The van der Waals surface area contributed by atoms with E-state index in [0.717, 1.165) is 23.6 Å². The van der Waals surface area contributed by atoms with Crippen molar-refractivity contribution in [2.45, 2.75) is 51.6 Å². The number of ether oxygens (including phenoxy) is 1. The fourth-order valence-corrected chi connectivity index (χ4v) is 2.81. The molecule has 2 aromatic rings. The molecule has 0 aliphatic rings. The number of aryl methyl sites for hydroxylation is 1. The molecule has 1 heterocycles. The van der Waals surface area contributed by atoms with Gasteiger partial charge in [-0.1, -0.05) is 50.6 Å². The molecule has 0 amide bonds. The number of rotatable bonds is 11. The van der Waals surface area contributed by atoms with Gasteiger partial charge in [-0.3, -0.25) is 0 Å². The molecule has 5 nitrogen and oxygen atoms in total. The van der Waals surface area contributed by atoms with Crippen LogP contribution in [-0.4, -0.2) is 33.8 Å². The number of unbranched alkanes of at least 4 members (excludes halogenated alkanes) is 2. The van der Waals surface area contributed by atoms with E-state index in [1.165, 1.54) is 24.8 Å². The van der Waals surface area contributed by atoms with Gasteiger partial charge in [-0.25, -0.2) is 14.8 Å². The minimum Gasteiger partial charge on any atom is -0.459 e. The molecule has 1 aromatic carbocycles. The SMILES string of the molecule is C=CC(=O)OC(CCO)Cc1ncc(-c2ccc(CCCCC)cc2)cn1.